The van der Waals surface area contributed by atoms with Gasteiger partial charge in [-0.15, -0.1) is 0 Å². The van der Waals surface area contributed by atoms with Crippen LogP contribution in [0.3, 0.4) is 0 Å². The van der Waals surface area contributed by atoms with Gasteiger partial charge in [-0.2, -0.15) is 0 Å². The van der Waals surface area contributed by atoms with Gasteiger partial charge in [-0.25, -0.2) is 4.79 Å². The number of alkyl carbamates (subject to hydrolysis) is 1. The predicted octanol–water partition coefficient (Wildman–Crippen LogP) is 7.72. The number of para-hydroxylation sites is 1. The average molecular weight is 654 g/mol. The van der Waals surface area contributed by atoms with Crippen LogP contribution in [-0.4, -0.2) is 50.7 Å². The normalized spacial score (nSPS) is 13.4. The van der Waals surface area contributed by atoms with Crippen molar-refractivity contribution in [2.45, 2.75) is 84.5 Å². The van der Waals surface area contributed by atoms with E-state index in [0.29, 0.717) is 23.6 Å². The fraction of sp³-hybridized carbons (Fsp3) is 0.359. The van der Waals surface area contributed by atoms with E-state index in [1.165, 1.54) is 23.1 Å². The van der Waals surface area contributed by atoms with Crippen LogP contribution in [0.4, 0.5) is 10.5 Å². The molecule has 3 unspecified atom stereocenters. The first-order valence-electron chi connectivity index (χ1n) is 16.4. The maximum absolute atomic E-state index is 14.9. The monoisotopic (exact) mass is 653 g/mol. The van der Waals surface area contributed by atoms with E-state index in [1.54, 1.807) is 57.2 Å². The first-order valence-corrected chi connectivity index (χ1v) is 16.4. The van der Waals surface area contributed by atoms with Gasteiger partial charge in [-0.05, 0) is 93.1 Å². The SMILES string of the molecule is CC(C)CCC(C)N(C(=O)C(Cc1ccc(O)cc1)NC(=O)OC(C)(C)C)C(C(=O)Nc1ccc2ccccc2c1)c1ccccc1O. The fourth-order valence-corrected chi connectivity index (χ4v) is 5.62. The molecule has 0 aromatic heterocycles. The van der Waals surface area contributed by atoms with Crippen molar-refractivity contribution < 1.29 is 29.3 Å². The molecule has 3 amide bonds. The third-order valence-corrected chi connectivity index (χ3v) is 8.03. The first kappa shape index (κ1) is 35.8. The number of ether oxygens (including phenoxy) is 1. The number of hydrogen-bond donors (Lipinski definition) is 4. The van der Waals surface area contributed by atoms with E-state index in [2.05, 4.69) is 24.5 Å². The number of rotatable bonds is 12. The van der Waals surface area contributed by atoms with Crippen LogP contribution in [0.2, 0.25) is 0 Å². The Balaban J connectivity index is 1.81. The number of carbonyl (C=O) groups is 3. The number of aromatic hydroxyl groups is 2. The van der Waals surface area contributed by atoms with Crippen molar-refractivity contribution in [1.29, 1.82) is 0 Å². The van der Waals surface area contributed by atoms with Crippen LogP contribution >= 0.6 is 0 Å². The van der Waals surface area contributed by atoms with Crippen LogP contribution in [0.15, 0.2) is 91.0 Å². The van der Waals surface area contributed by atoms with Crippen molar-refractivity contribution in [3.8, 4) is 11.5 Å². The van der Waals surface area contributed by atoms with Gasteiger partial charge >= 0.3 is 6.09 Å². The molecule has 254 valence electrons. The molecule has 9 heteroatoms. The van der Waals surface area contributed by atoms with E-state index in [0.717, 1.165) is 17.2 Å². The zero-order chi connectivity index (χ0) is 35.0. The number of fused-ring (bicyclic) bond motifs is 1. The molecule has 0 saturated carbocycles. The second-order valence-corrected chi connectivity index (χ2v) is 13.6. The molecule has 0 saturated heterocycles. The Kier molecular flexibility index (Phi) is 11.7. The second-order valence-electron chi connectivity index (χ2n) is 13.6. The summed E-state index contributed by atoms with van der Waals surface area (Å²) in [6.45, 7) is 11.2. The fourth-order valence-electron chi connectivity index (χ4n) is 5.62. The molecule has 3 atom stereocenters. The lowest BCUT2D eigenvalue weighted by Crippen LogP contribution is -2.55. The van der Waals surface area contributed by atoms with Gasteiger partial charge in [0, 0.05) is 23.7 Å². The molecule has 9 nitrogen and oxygen atoms in total. The molecular weight excluding hydrogens is 606 g/mol. The number of anilines is 1. The summed E-state index contributed by atoms with van der Waals surface area (Å²) in [4.78, 5) is 44.0. The number of nitrogens with one attached hydrogen (secondary N) is 2. The molecule has 0 aliphatic heterocycles. The summed E-state index contributed by atoms with van der Waals surface area (Å²) in [6, 6.07) is 23.3. The number of carbonyl (C=O) groups excluding carboxylic acids is 3. The highest BCUT2D eigenvalue weighted by Gasteiger charge is 2.40. The minimum Gasteiger partial charge on any atom is -0.508 e. The molecule has 4 aromatic carbocycles. The highest BCUT2D eigenvalue weighted by Crippen LogP contribution is 2.34. The van der Waals surface area contributed by atoms with Crippen LogP contribution in [0.1, 0.15) is 71.6 Å². The van der Waals surface area contributed by atoms with Gasteiger partial charge in [-0.1, -0.05) is 74.5 Å². The number of benzene rings is 4. The van der Waals surface area contributed by atoms with Crippen LogP contribution in [-0.2, 0) is 20.7 Å². The van der Waals surface area contributed by atoms with Gasteiger partial charge in [0.1, 0.15) is 29.2 Å². The average Bonchev–Trinajstić information content (AvgIpc) is 3.02. The number of phenolic OH excluding ortho intramolecular Hbond substituents is 2. The third kappa shape index (κ3) is 9.73. The lowest BCUT2D eigenvalue weighted by Gasteiger charge is -2.39. The quantitative estimate of drug-likeness (QED) is 0.124. The molecule has 0 spiro atoms. The topological polar surface area (TPSA) is 128 Å². The van der Waals surface area contributed by atoms with Crippen LogP contribution in [0.25, 0.3) is 10.8 Å². The number of nitrogens with zero attached hydrogens (tertiary/aromatic N) is 1. The Labute approximate surface area is 282 Å². The molecule has 0 aliphatic rings. The molecule has 0 aliphatic carbocycles. The minimum absolute atomic E-state index is 0.0611. The van der Waals surface area contributed by atoms with Crippen molar-refractivity contribution in [3.05, 3.63) is 102 Å². The van der Waals surface area contributed by atoms with E-state index in [1.807, 2.05) is 43.3 Å². The molecule has 4 aromatic rings. The summed E-state index contributed by atoms with van der Waals surface area (Å²) < 4.78 is 5.54. The maximum Gasteiger partial charge on any atom is 0.408 e. The van der Waals surface area contributed by atoms with Crippen molar-refractivity contribution in [3.63, 3.8) is 0 Å². The molecule has 4 N–H and O–H groups in total. The number of amides is 3. The summed E-state index contributed by atoms with van der Waals surface area (Å²) in [5.41, 5.74) is 0.644. The zero-order valence-electron chi connectivity index (χ0n) is 28.6. The molecule has 0 radical (unpaired) electrons. The Bertz CT molecular complexity index is 1710. The van der Waals surface area contributed by atoms with E-state index in [-0.39, 0.29) is 23.5 Å². The molecule has 0 fully saturated rings. The Morgan fingerprint density at radius 1 is 0.812 bits per heavy atom. The van der Waals surface area contributed by atoms with Gasteiger partial charge < -0.3 is 30.5 Å². The van der Waals surface area contributed by atoms with Crippen LogP contribution in [0, 0.1) is 5.92 Å². The second kappa shape index (κ2) is 15.7. The van der Waals surface area contributed by atoms with Crippen molar-refractivity contribution in [2.75, 3.05) is 5.32 Å². The van der Waals surface area contributed by atoms with E-state index in [4.69, 9.17) is 4.74 Å². The van der Waals surface area contributed by atoms with Crippen molar-refractivity contribution in [2.24, 2.45) is 5.92 Å². The van der Waals surface area contributed by atoms with Gasteiger partial charge in [0.25, 0.3) is 5.91 Å². The zero-order valence-corrected chi connectivity index (χ0v) is 28.6. The van der Waals surface area contributed by atoms with Crippen LogP contribution < -0.4 is 10.6 Å². The number of hydrogen-bond acceptors (Lipinski definition) is 6. The molecule has 0 bridgehead atoms. The van der Waals surface area contributed by atoms with Gasteiger partial charge in [0.15, 0.2) is 0 Å². The molecule has 0 heterocycles. The molecule has 4 rings (SSSR count). The lowest BCUT2D eigenvalue weighted by atomic mass is 9.95. The summed E-state index contributed by atoms with van der Waals surface area (Å²) in [5, 5.41) is 28.7. The summed E-state index contributed by atoms with van der Waals surface area (Å²) in [5.74, 6) is -0.785. The van der Waals surface area contributed by atoms with Gasteiger partial charge in [-0.3, -0.25) is 9.59 Å². The van der Waals surface area contributed by atoms with Gasteiger partial charge in [0.2, 0.25) is 5.91 Å². The first-order chi connectivity index (χ1) is 22.7. The van der Waals surface area contributed by atoms with Crippen LogP contribution in [0.5, 0.6) is 11.5 Å². The summed E-state index contributed by atoms with van der Waals surface area (Å²) in [7, 11) is 0. The summed E-state index contributed by atoms with van der Waals surface area (Å²) in [6.07, 6.45) is 0.613. The minimum atomic E-state index is -1.25. The van der Waals surface area contributed by atoms with E-state index in [9.17, 15) is 24.6 Å². The smallest absolute Gasteiger partial charge is 0.408 e. The van der Waals surface area contributed by atoms with E-state index < -0.39 is 41.6 Å². The summed E-state index contributed by atoms with van der Waals surface area (Å²) >= 11 is 0. The van der Waals surface area contributed by atoms with E-state index >= 15 is 0 Å². The Morgan fingerprint density at radius 3 is 2.10 bits per heavy atom. The standard InChI is InChI=1S/C39H47N3O6/c1-25(2)15-16-26(3)42(37(46)33(41-38(47)48-39(4,5)6)23-27-17-21-31(43)22-18-27)35(32-13-9-10-14-34(32)44)36(45)40-30-20-19-28-11-7-8-12-29(28)24-30/h7-14,17-22,24-26,33,35,43-44H,15-16,23H2,1-6H3,(H,40,45)(H,41,47). The highest BCUT2D eigenvalue weighted by atomic mass is 16.6. The van der Waals surface area contributed by atoms with Crippen molar-refractivity contribution >= 4 is 34.4 Å². The van der Waals surface area contributed by atoms with Crippen molar-refractivity contribution in [1.82, 2.24) is 10.2 Å². The lowest BCUT2D eigenvalue weighted by molar-refractivity contribution is -0.143. The molecular formula is C39H47N3O6. The third-order valence-electron chi connectivity index (χ3n) is 8.03. The predicted molar refractivity (Wildman–Crippen MR) is 189 cm³/mol. The number of phenols is 2. The Hall–Kier alpha value is -5.05. The van der Waals surface area contributed by atoms with Gasteiger partial charge in [0.05, 0.1) is 0 Å². The maximum atomic E-state index is 14.9. The molecule has 48 heavy (non-hydrogen) atoms. The Morgan fingerprint density at radius 2 is 1.46 bits per heavy atom. The largest absolute Gasteiger partial charge is 0.508 e. The highest BCUT2D eigenvalue weighted by molar-refractivity contribution is 6.01.